The molecule has 10 nitrogen and oxygen atoms in total. The molecule has 1 aromatic heterocycles. The minimum Gasteiger partial charge on any atom is -0.497 e. The standard InChI is InChI=1S/C27H28N6O4/c1-17-10-12-31(13-11-17)25-9-4-19(15-26(25)33(35)36)27(34)28-22-16-24-23(14-18(22)2)29-32(30-24)20-5-7-21(37-3)8-6-20/h4-9,14-17H,10-13H2,1-3H3,(H,28,34). The van der Waals surface area contributed by atoms with Crippen molar-refractivity contribution in [2.75, 3.05) is 30.4 Å². The lowest BCUT2D eigenvalue weighted by Gasteiger charge is -2.31. The molecule has 1 aliphatic heterocycles. The van der Waals surface area contributed by atoms with E-state index in [4.69, 9.17) is 4.74 Å². The Hall–Kier alpha value is -4.47. The van der Waals surface area contributed by atoms with Gasteiger partial charge in [-0.1, -0.05) is 6.92 Å². The van der Waals surface area contributed by atoms with Gasteiger partial charge in [0.15, 0.2) is 0 Å². The van der Waals surface area contributed by atoms with Gasteiger partial charge in [-0.25, -0.2) is 0 Å². The summed E-state index contributed by atoms with van der Waals surface area (Å²) in [5.41, 5.74) is 4.16. The highest BCUT2D eigenvalue weighted by Gasteiger charge is 2.25. The second-order valence-corrected chi connectivity index (χ2v) is 9.43. The van der Waals surface area contributed by atoms with Crippen molar-refractivity contribution in [1.82, 2.24) is 15.0 Å². The molecule has 0 radical (unpaired) electrons. The van der Waals surface area contributed by atoms with Gasteiger partial charge >= 0.3 is 0 Å². The predicted octanol–water partition coefficient (Wildman–Crippen LogP) is 5.13. The molecule has 1 fully saturated rings. The topological polar surface area (TPSA) is 115 Å². The molecule has 0 spiro atoms. The number of nitro groups is 1. The zero-order valence-electron chi connectivity index (χ0n) is 21.0. The highest BCUT2D eigenvalue weighted by Crippen LogP contribution is 2.33. The second kappa shape index (κ2) is 9.88. The Morgan fingerprint density at radius 3 is 2.38 bits per heavy atom. The van der Waals surface area contributed by atoms with E-state index in [1.54, 1.807) is 25.3 Å². The summed E-state index contributed by atoms with van der Waals surface area (Å²) >= 11 is 0. The van der Waals surface area contributed by atoms with E-state index in [9.17, 15) is 14.9 Å². The summed E-state index contributed by atoms with van der Waals surface area (Å²) in [6.45, 7) is 5.59. The van der Waals surface area contributed by atoms with Crippen LogP contribution < -0.4 is 15.0 Å². The molecule has 0 saturated carbocycles. The predicted molar refractivity (Wildman–Crippen MR) is 142 cm³/mol. The molecule has 0 bridgehead atoms. The van der Waals surface area contributed by atoms with Crippen molar-refractivity contribution >= 4 is 34.0 Å². The summed E-state index contributed by atoms with van der Waals surface area (Å²) in [5.74, 6) is 0.922. The van der Waals surface area contributed by atoms with Crippen LogP contribution in [0.4, 0.5) is 17.1 Å². The van der Waals surface area contributed by atoms with E-state index in [1.807, 2.05) is 42.2 Å². The summed E-state index contributed by atoms with van der Waals surface area (Å²) in [7, 11) is 1.61. The molecule has 1 N–H and O–H groups in total. The Kier molecular flexibility index (Phi) is 6.47. The Labute approximate surface area is 214 Å². The van der Waals surface area contributed by atoms with Crippen molar-refractivity contribution in [1.29, 1.82) is 0 Å². The van der Waals surface area contributed by atoms with Gasteiger partial charge in [0.25, 0.3) is 11.6 Å². The minimum absolute atomic E-state index is 0.0585. The van der Waals surface area contributed by atoms with Gasteiger partial charge in [0.05, 0.1) is 17.7 Å². The fourth-order valence-corrected chi connectivity index (χ4v) is 4.56. The number of hydrogen-bond donors (Lipinski definition) is 1. The van der Waals surface area contributed by atoms with Crippen molar-refractivity contribution in [3.8, 4) is 11.4 Å². The molecule has 190 valence electrons. The number of methoxy groups -OCH3 is 1. The summed E-state index contributed by atoms with van der Waals surface area (Å²) in [6, 6.07) is 15.7. The summed E-state index contributed by atoms with van der Waals surface area (Å²) < 4.78 is 5.20. The van der Waals surface area contributed by atoms with Crippen molar-refractivity contribution in [2.45, 2.75) is 26.7 Å². The maximum Gasteiger partial charge on any atom is 0.293 e. The number of nitro benzene ring substituents is 1. The Bertz CT molecular complexity index is 1470. The van der Waals surface area contributed by atoms with Crippen LogP contribution in [-0.2, 0) is 0 Å². The average Bonchev–Trinajstić information content (AvgIpc) is 3.31. The van der Waals surface area contributed by atoms with Gasteiger partial charge in [-0.05, 0) is 79.8 Å². The fraction of sp³-hybridized carbons (Fsp3) is 0.296. The normalized spacial score (nSPS) is 14.1. The van der Waals surface area contributed by atoms with Gasteiger partial charge in [-0.15, -0.1) is 10.2 Å². The van der Waals surface area contributed by atoms with E-state index < -0.39 is 10.8 Å². The number of aryl methyl sites for hydroxylation is 1. The van der Waals surface area contributed by atoms with Crippen LogP contribution >= 0.6 is 0 Å². The largest absolute Gasteiger partial charge is 0.497 e. The lowest BCUT2D eigenvalue weighted by molar-refractivity contribution is -0.384. The Morgan fingerprint density at radius 1 is 1.05 bits per heavy atom. The first kappa shape index (κ1) is 24.2. The molecule has 3 aromatic carbocycles. The van der Waals surface area contributed by atoms with E-state index in [-0.39, 0.29) is 11.3 Å². The number of hydrogen-bond acceptors (Lipinski definition) is 7. The number of benzene rings is 3. The minimum atomic E-state index is -0.424. The van der Waals surface area contributed by atoms with Crippen molar-refractivity contribution in [2.24, 2.45) is 5.92 Å². The molecule has 0 atom stereocenters. The molecule has 1 aliphatic rings. The summed E-state index contributed by atoms with van der Waals surface area (Å²) in [6.07, 6.45) is 1.98. The van der Waals surface area contributed by atoms with Crippen LogP contribution in [-0.4, -0.2) is 46.0 Å². The van der Waals surface area contributed by atoms with Crippen LogP contribution in [0.1, 0.15) is 35.7 Å². The molecular formula is C27H28N6O4. The molecule has 5 rings (SSSR count). The van der Waals surface area contributed by atoms with E-state index >= 15 is 0 Å². The maximum absolute atomic E-state index is 13.1. The monoisotopic (exact) mass is 500 g/mol. The van der Waals surface area contributed by atoms with E-state index in [0.29, 0.717) is 28.3 Å². The number of anilines is 2. The van der Waals surface area contributed by atoms with Gasteiger partial charge in [-0.3, -0.25) is 14.9 Å². The highest BCUT2D eigenvalue weighted by atomic mass is 16.6. The number of rotatable bonds is 6. The van der Waals surface area contributed by atoms with Crippen LogP contribution in [0.5, 0.6) is 5.75 Å². The molecule has 10 heteroatoms. The van der Waals surface area contributed by atoms with Crippen molar-refractivity contribution < 1.29 is 14.5 Å². The first-order valence-electron chi connectivity index (χ1n) is 12.2. The first-order chi connectivity index (χ1) is 17.8. The van der Waals surface area contributed by atoms with Crippen LogP contribution in [0.15, 0.2) is 54.6 Å². The number of ether oxygens (including phenoxy) is 1. The zero-order chi connectivity index (χ0) is 26.1. The lowest BCUT2D eigenvalue weighted by atomic mass is 9.98. The SMILES string of the molecule is COc1ccc(-n2nc3cc(C)c(NC(=O)c4ccc(N5CCC(C)CC5)c([N+](=O)[O-])c4)cc3n2)cc1. The van der Waals surface area contributed by atoms with Gasteiger partial charge < -0.3 is 15.0 Å². The number of amides is 1. The number of nitrogens with zero attached hydrogens (tertiary/aromatic N) is 5. The van der Waals surface area contributed by atoms with Gasteiger partial charge in [0.2, 0.25) is 0 Å². The number of fused-ring (bicyclic) bond motifs is 1. The number of piperidine rings is 1. The fourth-order valence-electron chi connectivity index (χ4n) is 4.56. The molecule has 37 heavy (non-hydrogen) atoms. The smallest absolute Gasteiger partial charge is 0.293 e. The number of carbonyl (C=O) groups excluding carboxylic acids is 1. The highest BCUT2D eigenvalue weighted by molar-refractivity contribution is 6.06. The van der Waals surface area contributed by atoms with Crippen LogP contribution in [0.3, 0.4) is 0 Å². The second-order valence-electron chi connectivity index (χ2n) is 9.43. The first-order valence-corrected chi connectivity index (χ1v) is 12.2. The third-order valence-electron chi connectivity index (χ3n) is 6.84. The van der Waals surface area contributed by atoms with Crippen LogP contribution in [0.2, 0.25) is 0 Å². The molecular weight excluding hydrogens is 472 g/mol. The maximum atomic E-state index is 13.1. The van der Waals surface area contributed by atoms with E-state index in [0.717, 1.165) is 42.9 Å². The summed E-state index contributed by atoms with van der Waals surface area (Å²) in [5, 5.41) is 23.8. The van der Waals surface area contributed by atoms with Crippen LogP contribution in [0.25, 0.3) is 16.7 Å². The Balaban J connectivity index is 1.39. The average molecular weight is 501 g/mol. The van der Waals surface area contributed by atoms with Gasteiger partial charge in [0, 0.05) is 30.4 Å². The van der Waals surface area contributed by atoms with Crippen molar-refractivity contribution in [3.05, 3.63) is 75.8 Å². The number of nitrogens with one attached hydrogen (secondary N) is 1. The molecule has 4 aromatic rings. The summed E-state index contributed by atoms with van der Waals surface area (Å²) in [4.78, 5) is 28.1. The number of aromatic nitrogens is 3. The molecule has 1 saturated heterocycles. The van der Waals surface area contributed by atoms with Gasteiger partial charge in [0.1, 0.15) is 22.5 Å². The Morgan fingerprint density at radius 2 is 1.73 bits per heavy atom. The molecule has 0 aliphatic carbocycles. The van der Waals surface area contributed by atoms with E-state index in [2.05, 4.69) is 22.4 Å². The third kappa shape index (κ3) is 4.95. The molecule has 2 heterocycles. The molecule has 1 amide bonds. The lowest BCUT2D eigenvalue weighted by Crippen LogP contribution is -2.33. The molecule has 0 unspecified atom stereocenters. The van der Waals surface area contributed by atoms with E-state index in [1.165, 1.54) is 10.9 Å². The zero-order valence-corrected chi connectivity index (χ0v) is 21.0. The number of carbonyl (C=O) groups is 1. The van der Waals surface area contributed by atoms with Crippen LogP contribution in [0, 0.1) is 23.0 Å². The van der Waals surface area contributed by atoms with Gasteiger partial charge in [-0.2, -0.15) is 4.80 Å². The quantitative estimate of drug-likeness (QED) is 0.288. The third-order valence-corrected chi connectivity index (χ3v) is 6.84. The van der Waals surface area contributed by atoms with Crippen molar-refractivity contribution in [3.63, 3.8) is 0 Å².